The van der Waals surface area contributed by atoms with E-state index >= 15 is 0 Å². The average molecular weight is 552 g/mol. The van der Waals surface area contributed by atoms with Gasteiger partial charge < -0.3 is 34.9 Å². The van der Waals surface area contributed by atoms with Gasteiger partial charge in [-0.15, -0.1) is 0 Å². The highest BCUT2D eigenvalue weighted by atomic mass is 19.4. The van der Waals surface area contributed by atoms with Gasteiger partial charge in [0.2, 0.25) is 5.91 Å². The summed E-state index contributed by atoms with van der Waals surface area (Å²) in [4.78, 5) is 27.2. The SMILES string of the molecule is COc1ccccc1CNC(=O)C[C@@H]1CC[C@H]2[C@@H](COC[C@H](O)CN2C(=O)Nc2ccc(C(F)(F)F)cc2)O1. The molecule has 0 radical (unpaired) electrons. The summed E-state index contributed by atoms with van der Waals surface area (Å²) in [5.74, 6) is 0.488. The first-order chi connectivity index (χ1) is 18.6. The Morgan fingerprint density at radius 2 is 1.85 bits per heavy atom. The number of benzene rings is 2. The van der Waals surface area contributed by atoms with Crippen LogP contribution in [-0.4, -0.2) is 73.2 Å². The molecule has 2 saturated heterocycles. The lowest BCUT2D eigenvalue weighted by Crippen LogP contribution is -2.58. The number of aliphatic hydroxyl groups excluding tert-OH is 1. The number of carbonyl (C=O) groups excluding carboxylic acids is 2. The van der Waals surface area contributed by atoms with E-state index in [2.05, 4.69) is 10.6 Å². The standard InChI is InChI=1S/C27H32F3N3O6/c1-37-23-5-3-2-4-17(23)13-31-25(35)12-21-10-11-22-24(39-21)16-38-15-20(34)14-33(22)26(36)32-19-8-6-18(7-9-19)27(28,29)30/h2-9,20-22,24,34H,10-16H2,1H3,(H,31,35)(H,32,36)/t20-,21+,22+,24-/m1/s1. The van der Waals surface area contributed by atoms with E-state index in [1.54, 1.807) is 7.11 Å². The maximum absolute atomic E-state index is 13.2. The summed E-state index contributed by atoms with van der Waals surface area (Å²) in [6.45, 7) is 0.368. The predicted molar refractivity (Wildman–Crippen MR) is 135 cm³/mol. The van der Waals surface area contributed by atoms with Gasteiger partial charge in [0.15, 0.2) is 0 Å². The maximum atomic E-state index is 13.2. The molecule has 2 aromatic carbocycles. The first kappa shape index (κ1) is 28.7. The number of hydrogen-bond acceptors (Lipinski definition) is 6. The number of amides is 3. The van der Waals surface area contributed by atoms with E-state index in [1.807, 2.05) is 24.3 Å². The smallest absolute Gasteiger partial charge is 0.416 e. The highest BCUT2D eigenvalue weighted by Crippen LogP contribution is 2.31. The molecule has 0 saturated carbocycles. The summed E-state index contributed by atoms with van der Waals surface area (Å²) in [7, 11) is 1.57. The van der Waals surface area contributed by atoms with E-state index < -0.39 is 42.1 Å². The van der Waals surface area contributed by atoms with Crippen molar-refractivity contribution in [3.8, 4) is 5.75 Å². The Labute approximate surface area is 224 Å². The second-order valence-corrected chi connectivity index (χ2v) is 9.58. The average Bonchev–Trinajstić information content (AvgIpc) is 2.90. The van der Waals surface area contributed by atoms with E-state index in [4.69, 9.17) is 14.2 Å². The van der Waals surface area contributed by atoms with Gasteiger partial charge in [0.25, 0.3) is 0 Å². The van der Waals surface area contributed by atoms with Gasteiger partial charge in [0.05, 0.1) is 57.1 Å². The zero-order valence-electron chi connectivity index (χ0n) is 21.4. The molecule has 2 aromatic rings. The number of urea groups is 1. The first-order valence-corrected chi connectivity index (χ1v) is 12.7. The Morgan fingerprint density at radius 1 is 1.10 bits per heavy atom. The van der Waals surface area contributed by atoms with Crippen LogP contribution in [0.1, 0.15) is 30.4 Å². The number of hydrogen-bond donors (Lipinski definition) is 3. The number of alkyl halides is 3. The van der Waals surface area contributed by atoms with Crippen LogP contribution >= 0.6 is 0 Å². The van der Waals surface area contributed by atoms with Crippen LogP contribution in [0.4, 0.5) is 23.7 Å². The molecule has 12 heteroatoms. The zero-order valence-corrected chi connectivity index (χ0v) is 21.4. The minimum Gasteiger partial charge on any atom is -0.496 e. The molecule has 0 aromatic heterocycles. The van der Waals surface area contributed by atoms with Gasteiger partial charge >= 0.3 is 12.2 Å². The Hall–Kier alpha value is -3.35. The molecule has 212 valence electrons. The summed E-state index contributed by atoms with van der Waals surface area (Å²) in [6.07, 6.45) is -5.26. The minimum atomic E-state index is -4.48. The number of ether oxygens (including phenoxy) is 3. The van der Waals surface area contributed by atoms with Gasteiger partial charge in [0.1, 0.15) is 11.9 Å². The number of rotatable bonds is 6. The molecule has 2 aliphatic rings. The van der Waals surface area contributed by atoms with Crippen LogP contribution in [0, 0.1) is 0 Å². The minimum absolute atomic E-state index is 0.0132. The van der Waals surface area contributed by atoms with Gasteiger partial charge in [-0.05, 0) is 43.2 Å². The lowest BCUT2D eigenvalue weighted by molar-refractivity contribution is -0.149. The maximum Gasteiger partial charge on any atom is 0.416 e. The Balaban J connectivity index is 1.36. The van der Waals surface area contributed by atoms with Crippen molar-refractivity contribution in [2.45, 2.75) is 56.3 Å². The second kappa shape index (κ2) is 12.7. The third-order valence-corrected chi connectivity index (χ3v) is 6.79. The third kappa shape index (κ3) is 7.61. The molecule has 0 bridgehead atoms. The van der Waals surface area contributed by atoms with Crippen molar-refractivity contribution in [1.82, 2.24) is 10.2 Å². The predicted octanol–water partition coefficient (Wildman–Crippen LogP) is 3.56. The number of aliphatic hydroxyl groups is 1. The molecule has 0 spiro atoms. The summed E-state index contributed by atoms with van der Waals surface area (Å²) >= 11 is 0. The molecule has 2 aliphatic heterocycles. The quantitative estimate of drug-likeness (QED) is 0.507. The zero-order chi connectivity index (χ0) is 28.0. The van der Waals surface area contributed by atoms with Crippen molar-refractivity contribution in [1.29, 1.82) is 0 Å². The highest BCUT2D eigenvalue weighted by Gasteiger charge is 2.40. The van der Waals surface area contributed by atoms with E-state index in [0.717, 1.165) is 17.7 Å². The highest BCUT2D eigenvalue weighted by molar-refractivity contribution is 5.89. The van der Waals surface area contributed by atoms with E-state index in [1.165, 1.54) is 17.0 Å². The van der Waals surface area contributed by atoms with Crippen LogP contribution in [-0.2, 0) is 27.0 Å². The van der Waals surface area contributed by atoms with Gasteiger partial charge in [-0.2, -0.15) is 13.2 Å². The molecule has 4 rings (SSSR count). The first-order valence-electron chi connectivity index (χ1n) is 12.7. The van der Waals surface area contributed by atoms with Gasteiger partial charge in [0, 0.05) is 17.8 Å². The fraction of sp³-hybridized carbons (Fsp3) is 0.481. The van der Waals surface area contributed by atoms with Gasteiger partial charge in [-0.1, -0.05) is 18.2 Å². The molecule has 39 heavy (non-hydrogen) atoms. The summed E-state index contributed by atoms with van der Waals surface area (Å²) in [5.41, 5.74) is 0.219. The van der Waals surface area contributed by atoms with Crippen molar-refractivity contribution >= 4 is 17.6 Å². The summed E-state index contributed by atoms with van der Waals surface area (Å²) < 4.78 is 55.7. The molecule has 0 aliphatic carbocycles. The largest absolute Gasteiger partial charge is 0.496 e. The number of anilines is 1. The monoisotopic (exact) mass is 551 g/mol. The molecule has 4 atom stereocenters. The number of para-hydroxylation sites is 1. The third-order valence-electron chi connectivity index (χ3n) is 6.79. The van der Waals surface area contributed by atoms with Crippen molar-refractivity contribution in [2.75, 3.05) is 32.2 Å². The fourth-order valence-electron chi connectivity index (χ4n) is 4.83. The van der Waals surface area contributed by atoms with Crippen LogP contribution in [0.5, 0.6) is 5.75 Å². The lowest BCUT2D eigenvalue weighted by Gasteiger charge is -2.44. The van der Waals surface area contributed by atoms with Crippen LogP contribution < -0.4 is 15.4 Å². The van der Waals surface area contributed by atoms with Crippen molar-refractivity contribution in [3.05, 3.63) is 59.7 Å². The molecule has 3 amide bonds. The topological polar surface area (TPSA) is 109 Å². The van der Waals surface area contributed by atoms with Crippen molar-refractivity contribution < 1.29 is 42.1 Å². The van der Waals surface area contributed by atoms with Crippen LogP contribution in [0.2, 0.25) is 0 Å². The number of fused-ring (bicyclic) bond motifs is 1. The molecule has 2 heterocycles. The Bertz CT molecular complexity index is 1130. The van der Waals surface area contributed by atoms with Crippen molar-refractivity contribution in [2.24, 2.45) is 0 Å². The van der Waals surface area contributed by atoms with E-state index in [9.17, 15) is 27.9 Å². The van der Waals surface area contributed by atoms with Crippen LogP contribution in [0.25, 0.3) is 0 Å². The Morgan fingerprint density at radius 3 is 2.56 bits per heavy atom. The number of carbonyl (C=O) groups is 2. The van der Waals surface area contributed by atoms with Gasteiger partial charge in [-0.3, -0.25) is 4.79 Å². The second-order valence-electron chi connectivity index (χ2n) is 9.58. The number of methoxy groups -OCH3 is 1. The molecule has 9 nitrogen and oxygen atoms in total. The molecular weight excluding hydrogens is 519 g/mol. The van der Waals surface area contributed by atoms with E-state index in [0.29, 0.717) is 25.1 Å². The molecule has 2 fully saturated rings. The Kier molecular flexibility index (Phi) is 9.31. The van der Waals surface area contributed by atoms with E-state index in [-0.39, 0.29) is 37.8 Å². The van der Waals surface area contributed by atoms with Crippen LogP contribution in [0.3, 0.4) is 0 Å². The van der Waals surface area contributed by atoms with Crippen molar-refractivity contribution in [3.63, 3.8) is 0 Å². The lowest BCUT2D eigenvalue weighted by atomic mass is 9.95. The number of halogens is 3. The molecule has 3 N–H and O–H groups in total. The van der Waals surface area contributed by atoms with Crippen LogP contribution in [0.15, 0.2) is 48.5 Å². The molecule has 0 unspecified atom stereocenters. The van der Waals surface area contributed by atoms with Gasteiger partial charge in [-0.25, -0.2) is 4.79 Å². The number of β-amino-alcohol motifs (C(OH)–C–C–N with tert-alkyl or cyclic N) is 1. The summed E-state index contributed by atoms with van der Waals surface area (Å²) in [6, 6.07) is 10.5. The molecular formula is C27H32F3N3O6. The number of nitrogens with zero attached hydrogens (tertiary/aromatic N) is 1. The summed E-state index contributed by atoms with van der Waals surface area (Å²) in [5, 5.41) is 15.8. The normalized spacial score (nSPS) is 23.7. The fourth-order valence-corrected chi connectivity index (χ4v) is 4.83. The number of nitrogens with one attached hydrogen (secondary N) is 2.